The molecule has 3 rings (SSSR count). The van der Waals surface area contributed by atoms with Crippen LogP contribution < -0.4 is 39.4 Å². The Labute approximate surface area is 239 Å². The number of hydrogen-bond donors (Lipinski definition) is 1. The first-order valence-corrected chi connectivity index (χ1v) is 13.9. The van der Waals surface area contributed by atoms with Crippen molar-refractivity contribution in [3.05, 3.63) is 88.5 Å². The quantitative estimate of drug-likeness (QED) is 0.254. The van der Waals surface area contributed by atoms with Crippen molar-refractivity contribution >= 4 is 21.5 Å². The average Bonchev–Trinajstić information content (AvgIpc) is 2.83. The van der Waals surface area contributed by atoms with E-state index < -0.39 is 10.1 Å². The van der Waals surface area contributed by atoms with Gasteiger partial charge in [0.15, 0.2) is 0 Å². The van der Waals surface area contributed by atoms with Crippen LogP contribution >= 0.6 is 0 Å². The van der Waals surface area contributed by atoms with Gasteiger partial charge in [-0.3, -0.25) is 4.55 Å². The zero-order valence-corrected chi connectivity index (χ0v) is 25.6. The van der Waals surface area contributed by atoms with Gasteiger partial charge in [0.1, 0.15) is 0 Å². The Morgan fingerprint density at radius 1 is 0.694 bits per heavy atom. The minimum atomic E-state index is -4.40. The minimum absolute atomic E-state index is 0. The molecule has 188 valence electrons. The third kappa shape index (κ3) is 6.53. The molecule has 3 aromatic rings. The van der Waals surface area contributed by atoms with Crippen LogP contribution in [0.4, 0.5) is 11.4 Å². The van der Waals surface area contributed by atoms with Gasteiger partial charge in [-0.1, -0.05) is 30.3 Å². The van der Waals surface area contributed by atoms with Crippen LogP contribution in [-0.4, -0.2) is 39.1 Å². The zero-order valence-electron chi connectivity index (χ0n) is 22.7. The summed E-state index contributed by atoms with van der Waals surface area (Å²) in [4.78, 5) is 4.54. The first-order chi connectivity index (χ1) is 16.7. The van der Waals surface area contributed by atoms with E-state index in [0.29, 0.717) is 5.56 Å². The maximum absolute atomic E-state index is 12.4. The molecule has 0 aliphatic rings. The average molecular weight is 518 g/mol. The molecule has 0 aromatic heterocycles. The summed E-state index contributed by atoms with van der Waals surface area (Å²) in [6, 6.07) is 19.5. The molecule has 0 bridgehead atoms. The first-order valence-electron chi connectivity index (χ1n) is 12.4. The summed E-state index contributed by atoms with van der Waals surface area (Å²) < 4.78 is 34.8. The van der Waals surface area contributed by atoms with Crippen LogP contribution in [0.3, 0.4) is 0 Å². The number of aryl methyl sites for hydroxylation is 2. The molecule has 0 spiro atoms. The molecular formula is C29H38N2NaO3S+. The van der Waals surface area contributed by atoms with Crippen molar-refractivity contribution in [1.29, 1.82) is 0 Å². The second-order valence-corrected chi connectivity index (χ2v) is 10.3. The van der Waals surface area contributed by atoms with Gasteiger partial charge < -0.3 is 9.80 Å². The summed E-state index contributed by atoms with van der Waals surface area (Å²) in [7, 11) is -4.40. The Morgan fingerprint density at radius 3 is 1.47 bits per heavy atom. The molecule has 36 heavy (non-hydrogen) atoms. The van der Waals surface area contributed by atoms with Crippen LogP contribution in [0.5, 0.6) is 0 Å². The van der Waals surface area contributed by atoms with E-state index in [1.54, 1.807) is 6.07 Å². The monoisotopic (exact) mass is 517 g/mol. The number of rotatable bonds is 10. The summed E-state index contributed by atoms with van der Waals surface area (Å²) in [6.45, 7) is 16.4. The fraction of sp³-hybridized carbons (Fsp3) is 0.379. The fourth-order valence-electron chi connectivity index (χ4n) is 4.99. The van der Waals surface area contributed by atoms with Crippen molar-refractivity contribution in [2.75, 3.05) is 36.0 Å². The standard InChI is InChI=1S/C29H38N2O3S.Na/c1-7-30(8-2)23-15-17-25(21(5)19-23)29(27-13-11-12-14-28(27)35(32,33)34)26-18-16-24(20-22(26)6)31(9-3)10-4;/h11-20,29H,7-10H2,1-6H3,(H,32,33,34);/q;+1. The largest absolute Gasteiger partial charge is 1.00 e. The zero-order chi connectivity index (χ0) is 25.8. The van der Waals surface area contributed by atoms with E-state index in [0.717, 1.165) is 59.8 Å². The Morgan fingerprint density at radius 2 is 1.11 bits per heavy atom. The Hall–Kier alpha value is -1.83. The molecule has 0 saturated carbocycles. The smallest absolute Gasteiger partial charge is 0.372 e. The summed E-state index contributed by atoms with van der Waals surface area (Å²) in [5.41, 5.74) is 7.07. The van der Waals surface area contributed by atoms with E-state index in [4.69, 9.17) is 0 Å². The van der Waals surface area contributed by atoms with E-state index in [1.807, 2.05) is 12.1 Å². The van der Waals surface area contributed by atoms with Crippen molar-refractivity contribution in [2.24, 2.45) is 0 Å². The van der Waals surface area contributed by atoms with Gasteiger partial charge in [0.05, 0.1) is 4.90 Å². The van der Waals surface area contributed by atoms with Gasteiger partial charge in [0.25, 0.3) is 10.1 Å². The summed E-state index contributed by atoms with van der Waals surface area (Å²) in [5, 5.41) is 0. The van der Waals surface area contributed by atoms with Gasteiger partial charge in [-0.05, 0) is 99.7 Å². The minimum Gasteiger partial charge on any atom is -0.372 e. The number of hydrogen-bond acceptors (Lipinski definition) is 4. The molecule has 0 fully saturated rings. The summed E-state index contributed by atoms with van der Waals surface area (Å²) in [6.07, 6.45) is 0. The second-order valence-electron chi connectivity index (χ2n) is 8.87. The van der Waals surface area contributed by atoms with Crippen molar-refractivity contribution in [2.45, 2.75) is 52.4 Å². The van der Waals surface area contributed by atoms with Crippen LogP contribution in [-0.2, 0) is 10.1 Å². The molecule has 0 saturated heterocycles. The first kappa shape index (κ1) is 30.4. The Kier molecular flexibility index (Phi) is 11.1. The van der Waals surface area contributed by atoms with E-state index in [-0.39, 0.29) is 40.4 Å². The van der Waals surface area contributed by atoms with E-state index >= 15 is 0 Å². The van der Waals surface area contributed by atoms with Crippen LogP contribution in [0.15, 0.2) is 65.6 Å². The maximum atomic E-state index is 12.4. The number of benzene rings is 3. The summed E-state index contributed by atoms with van der Waals surface area (Å²) >= 11 is 0. The third-order valence-electron chi connectivity index (χ3n) is 6.89. The van der Waals surface area contributed by atoms with Crippen LogP contribution in [0.25, 0.3) is 0 Å². The number of anilines is 2. The van der Waals surface area contributed by atoms with Crippen LogP contribution in [0.2, 0.25) is 0 Å². The second kappa shape index (κ2) is 13.1. The van der Waals surface area contributed by atoms with Gasteiger partial charge >= 0.3 is 29.6 Å². The van der Waals surface area contributed by atoms with Crippen molar-refractivity contribution in [1.82, 2.24) is 0 Å². The predicted octanol–water partition coefficient (Wildman–Crippen LogP) is 3.43. The molecule has 0 radical (unpaired) electrons. The molecular weight excluding hydrogens is 479 g/mol. The van der Waals surface area contributed by atoms with Crippen molar-refractivity contribution in [3.8, 4) is 0 Å². The fourth-order valence-corrected chi connectivity index (χ4v) is 5.73. The molecule has 3 aromatic carbocycles. The number of nitrogens with zero attached hydrogens (tertiary/aromatic N) is 2. The molecule has 1 N–H and O–H groups in total. The van der Waals surface area contributed by atoms with Crippen LogP contribution in [0.1, 0.15) is 61.4 Å². The molecule has 0 aliphatic carbocycles. The maximum Gasteiger partial charge on any atom is 1.00 e. The van der Waals surface area contributed by atoms with Crippen molar-refractivity contribution < 1.29 is 42.5 Å². The molecule has 0 unspecified atom stereocenters. The van der Waals surface area contributed by atoms with Gasteiger partial charge in [-0.25, -0.2) is 0 Å². The Bertz CT molecular complexity index is 1210. The molecule has 0 heterocycles. The van der Waals surface area contributed by atoms with E-state index in [2.05, 4.69) is 87.7 Å². The van der Waals surface area contributed by atoms with Crippen molar-refractivity contribution in [3.63, 3.8) is 0 Å². The third-order valence-corrected chi connectivity index (χ3v) is 7.82. The molecule has 5 nitrogen and oxygen atoms in total. The van der Waals surface area contributed by atoms with Gasteiger partial charge in [0.2, 0.25) is 0 Å². The molecule has 0 amide bonds. The normalized spacial score (nSPS) is 11.3. The topological polar surface area (TPSA) is 60.9 Å². The SMILES string of the molecule is CCN(CC)c1ccc(C(c2ccc(N(CC)CC)cc2C)c2ccccc2S(=O)(=O)O)c(C)c1.[Na+]. The van der Waals surface area contributed by atoms with E-state index in [9.17, 15) is 13.0 Å². The predicted molar refractivity (Wildman–Crippen MR) is 147 cm³/mol. The molecule has 0 aliphatic heterocycles. The molecule has 0 atom stereocenters. The molecule has 7 heteroatoms. The van der Waals surface area contributed by atoms with Gasteiger partial charge in [0, 0.05) is 43.5 Å². The van der Waals surface area contributed by atoms with Crippen LogP contribution in [0, 0.1) is 13.8 Å². The Balaban J connectivity index is 0.00000456. The van der Waals surface area contributed by atoms with Gasteiger partial charge in [-0.15, -0.1) is 0 Å². The summed E-state index contributed by atoms with van der Waals surface area (Å²) in [5.74, 6) is -0.343. The van der Waals surface area contributed by atoms with E-state index in [1.165, 1.54) is 6.07 Å². The van der Waals surface area contributed by atoms with Gasteiger partial charge in [-0.2, -0.15) is 8.42 Å².